The lowest BCUT2D eigenvalue weighted by Gasteiger charge is -2.25. The van der Waals surface area contributed by atoms with Gasteiger partial charge >= 0.3 is 0 Å². The minimum absolute atomic E-state index is 0.113. The molecule has 0 unspecified atom stereocenters. The zero-order valence-electron chi connectivity index (χ0n) is 11.9. The summed E-state index contributed by atoms with van der Waals surface area (Å²) in [6.07, 6.45) is 2.41. The highest BCUT2D eigenvalue weighted by Crippen LogP contribution is 2.34. The van der Waals surface area contributed by atoms with Crippen LogP contribution in [0.1, 0.15) is 29.5 Å². The second-order valence-corrected chi connectivity index (χ2v) is 5.55. The van der Waals surface area contributed by atoms with Crippen molar-refractivity contribution in [2.75, 3.05) is 0 Å². The zero-order valence-corrected chi connectivity index (χ0v) is 11.9. The van der Waals surface area contributed by atoms with Crippen LogP contribution in [0, 0.1) is 0 Å². The minimum Gasteiger partial charge on any atom is -0.367 e. The normalized spacial score (nSPS) is 20.0. The molecule has 0 saturated carbocycles. The number of fused-ring (bicyclic) bond motifs is 1. The van der Waals surface area contributed by atoms with E-state index in [4.69, 9.17) is 0 Å². The number of amides is 1. The predicted molar refractivity (Wildman–Crippen MR) is 81.6 cm³/mol. The van der Waals surface area contributed by atoms with Gasteiger partial charge in [0.2, 0.25) is 5.91 Å². The molecule has 0 radical (unpaired) electrons. The van der Waals surface area contributed by atoms with Crippen molar-refractivity contribution in [3.05, 3.63) is 71.3 Å². The SMILES string of the molecule is O=C(CCc1ccccc1)N[C@]1(O)CCc2ccccc21. The number of nitrogens with one attached hydrogen (secondary N) is 1. The first-order valence-corrected chi connectivity index (χ1v) is 7.33. The lowest BCUT2D eigenvalue weighted by Crippen LogP contribution is -2.44. The highest BCUT2D eigenvalue weighted by Gasteiger charge is 2.37. The van der Waals surface area contributed by atoms with Crippen molar-refractivity contribution >= 4 is 5.91 Å². The molecule has 0 saturated heterocycles. The topological polar surface area (TPSA) is 49.3 Å². The Hall–Kier alpha value is -2.13. The monoisotopic (exact) mass is 281 g/mol. The third-order valence-corrected chi connectivity index (χ3v) is 4.05. The van der Waals surface area contributed by atoms with E-state index in [-0.39, 0.29) is 5.91 Å². The smallest absolute Gasteiger partial charge is 0.222 e. The zero-order chi connectivity index (χ0) is 14.7. The van der Waals surface area contributed by atoms with Crippen LogP contribution in [-0.4, -0.2) is 11.0 Å². The first-order valence-electron chi connectivity index (χ1n) is 7.33. The fraction of sp³-hybridized carbons (Fsp3) is 0.278. The van der Waals surface area contributed by atoms with Gasteiger partial charge in [-0.15, -0.1) is 0 Å². The van der Waals surface area contributed by atoms with E-state index in [0.29, 0.717) is 19.3 Å². The van der Waals surface area contributed by atoms with Crippen LogP contribution in [0.4, 0.5) is 0 Å². The molecule has 2 aromatic rings. The maximum Gasteiger partial charge on any atom is 0.222 e. The summed E-state index contributed by atoms with van der Waals surface area (Å²) >= 11 is 0. The molecule has 0 fully saturated rings. The second-order valence-electron chi connectivity index (χ2n) is 5.55. The molecule has 0 aromatic heterocycles. The lowest BCUT2D eigenvalue weighted by atomic mass is 10.0. The van der Waals surface area contributed by atoms with Crippen LogP contribution >= 0.6 is 0 Å². The third-order valence-electron chi connectivity index (χ3n) is 4.05. The van der Waals surface area contributed by atoms with Crippen molar-refractivity contribution in [1.82, 2.24) is 5.32 Å². The number of rotatable bonds is 4. The number of aryl methyl sites for hydroxylation is 2. The van der Waals surface area contributed by atoms with E-state index in [0.717, 1.165) is 23.1 Å². The number of benzene rings is 2. The van der Waals surface area contributed by atoms with Gasteiger partial charge in [0, 0.05) is 18.4 Å². The Morgan fingerprint density at radius 3 is 2.62 bits per heavy atom. The summed E-state index contributed by atoms with van der Waals surface area (Å²) in [6.45, 7) is 0. The molecule has 1 amide bonds. The number of hydrogen-bond acceptors (Lipinski definition) is 2. The quantitative estimate of drug-likeness (QED) is 0.846. The van der Waals surface area contributed by atoms with Crippen LogP contribution in [0.5, 0.6) is 0 Å². The number of hydrogen-bond donors (Lipinski definition) is 2. The Balaban J connectivity index is 1.63. The molecule has 21 heavy (non-hydrogen) atoms. The molecule has 1 aliphatic rings. The van der Waals surface area contributed by atoms with Gasteiger partial charge in [-0.25, -0.2) is 0 Å². The molecular formula is C18H19NO2. The van der Waals surface area contributed by atoms with Gasteiger partial charge in [-0.2, -0.15) is 0 Å². The molecule has 0 aliphatic heterocycles. The molecule has 2 aromatic carbocycles. The first kappa shape index (κ1) is 13.8. The van der Waals surface area contributed by atoms with Gasteiger partial charge in [-0.05, 0) is 24.0 Å². The van der Waals surface area contributed by atoms with Gasteiger partial charge in [0.25, 0.3) is 0 Å². The fourth-order valence-electron chi connectivity index (χ4n) is 2.92. The summed E-state index contributed by atoms with van der Waals surface area (Å²) in [5.41, 5.74) is 1.87. The van der Waals surface area contributed by atoms with Crippen molar-refractivity contribution in [3.63, 3.8) is 0 Å². The molecule has 0 bridgehead atoms. The Labute approximate surface area is 124 Å². The van der Waals surface area contributed by atoms with Crippen molar-refractivity contribution in [3.8, 4) is 0 Å². The summed E-state index contributed by atoms with van der Waals surface area (Å²) in [7, 11) is 0. The van der Waals surface area contributed by atoms with E-state index in [2.05, 4.69) is 5.32 Å². The van der Waals surface area contributed by atoms with Crippen molar-refractivity contribution < 1.29 is 9.90 Å². The standard InChI is InChI=1S/C18H19NO2/c20-17(11-10-14-6-2-1-3-7-14)19-18(21)13-12-15-8-4-5-9-16(15)18/h1-9,21H,10-13H2,(H,19,20)/t18-/m0/s1. The molecule has 0 heterocycles. The Kier molecular flexibility index (Phi) is 3.76. The molecule has 3 nitrogen and oxygen atoms in total. The molecular weight excluding hydrogens is 262 g/mol. The molecule has 3 rings (SSSR count). The van der Waals surface area contributed by atoms with Gasteiger partial charge in [-0.3, -0.25) is 4.79 Å². The van der Waals surface area contributed by atoms with Crippen LogP contribution in [0.15, 0.2) is 54.6 Å². The van der Waals surface area contributed by atoms with E-state index in [9.17, 15) is 9.90 Å². The van der Waals surface area contributed by atoms with Gasteiger partial charge in [0.1, 0.15) is 0 Å². The van der Waals surface area contributed by atoms with Crippen LogP contribution in [0.3, 0.4) is 0 Å². The highest BCUT2D eigenvalue weighted by atomic mass is 16.3. The number of carbonyl (C=O) groups is 1. The van der Waals surface area contributed by atoms with Gasteiger partial charge < -0.3 is 10.4 Å². The fourth-order valence-corrected chi connectivity index (χ4v) is 2.92. The number of aliphatic hydroxyl groups is 1. The summed E-state index contributed by atoms with van der Waals surface area (Å²) in [5.74, 6) is -0.113. The largest absolute Gasteiger partial charge is 0.367 e. The van der Waals surface area contributed by atoms with E-state index >= 15 is 0 Å². The van der Waals surface area contributed by atoms with Crippen LogP contribution in [-0.2, 0) is 23.4 Å². The predicted octanol–water partition coefficient (Wildman–Crippen LogP) is 2.53. The van der Waals surface area contributed by atoms with Crippen LogP contribution < -0.4 is 5.32 Å². The van der Waals surface area contributed by atoms with E-state index in [1.165, 1.54) is 0 Å². The van der Waals surface area contributed by atoms with E-state index in [1.54, 1.807) is 0 Å². The van der Waals surface area contributed by atoms with Gasteiger partial charge in [-0.1, -0.05) is 54.6 Å². The summed E-state index contributed by atoms with van der Waals surface area (Å²) in [5, 5.41) is 13.5. The average Bonchev–Trinajstić information content (AvgIpc) is 2.84. The first-order chi connectivity index (χ1) is 10.2. The summed E-state index contributed by atoms with van der Waals surface area (Å²) in [4.78, 5) is 12.1. The maximum atomic E-state index is 12.1. The van der Waals surface area contributed by atoms with Crippen LogP contribution in [0.25, 0.3) is 0 Å². The lowest BCUT2D eigenvalue weighted by molar-refractivity contribution is -0.129. The molecule has 3 heteroatoms. The van der Waals surface area contributed by atoms with E-state index in [1.807, 2.05) is 54.6 Å². The van der Waals surface area contributed by atoms with Crippen molar-refractivity contribution in [1.29, 1.82) is 0 Å². The molecule has 108 valence electrons. The van der Waals surface area contributed by atoms with Crippen molar-refractivity contribution in [2.45, 2.75) is 31.4 Å². The van der Waals surface area contributed by atoms with Crippen LogP contribution in [0.2, 0.25) is 0 Å². The average molecular weight is 281 g/mol. The molecule has 1 atom stereocenters. The molecule has 2 N–H and O–H groups in total. The number of carbonyl (C=O) groups excluding carboxylic acids is 1. The summed E-state index contributed by atoms with van der Waals surface area (Å²) < 4.78 is 0. The van der Waals surface area contributed by atoms with Crippen molar-refractivity contribution in [2.24, 2.45) is 0 Å². The molecule has 0 spiro atoms. The Morgan fingerprint density at radius 2 is 1.81 bits per heavy atom. The Bertz CT molecular complexity index is 639. The highest BCUT2D eigenvalue weighted by molar-refractivity contribution is 5.77. The maximum absolute atomic E-state index is 12.1. The summed E-state index contributed by atoms with van der Waals surface area (Å²) in [6, 6.07) is 17.7. The third kappa shape index (κ3) is 2.98. The Morgan fingerprint density at radius 1 is 1.10 bits per heavy atom. The second kappa shape index (κ2) is 5.70. The molecule has 1 aliphatic carbocycles. The van der Waals surface area contributed by atoms with Gasteiger partial charge in [0.15, 0.2) is 5.72 Å². The van der Waals surface area contributed by atoms with Gasteiger partial charge in [0.05, 0.1) is 0 Å². The minimum atomic E-state index is -1.20. The van der Waals surface area contributed by atoms with E-state index < -0.39 is 5.72 Å².